The molecule has 1 saturated carbocycles. The zero-order valence-electron chi connectivity index (χ0n) is 19.5. The summed E-state index contributed by atoms with van der Waals surface area (Å²) in [7, 11) is -3.85. The van der Waals surface area contributed by atoms with Gasteiger partial charge in [-0.25, -0.2) is 8.42 Å². The number of para-hydroxylation sites is 1. The third-order valence-electron chi connectivity index (χ3n) is 6.28. The van der Waals surface area contributed by atoms with E-state index in [2.05, 4.69) is 15.5 Å². The van der Waals surface area contributed by atoms with Crippen molar-refractivity contribution in [2.24, 2.45) is 0 Å². The van der Waals surface area contributed by atoms with E-state index in [1.165, 1.54) is 16.4 Å². The van der Waals surface area contributed by atoms with Crippen molar-refractivity contribution in [1.82, 2.24) is 15.5 Å². The second-order valence-corrected chi connectivity index (χ2v) is 10.5. The molecule has 4 rings (SSSR count). The smallest absolute Gasteiger partial charge is 0.264 e. The van der Waals surface area contributed by atoms with Crippen molar-refractivity contribution in [3.63, 3.8) is 0 Å². The molecule has 1 amide bonds. The molecule has 0 radical (unpaired) electrons. The van der Waals surface area contributed by atoms with Gasteiger partial charge in [0.1, 0.15) is 5.54 Å². The minimum absolute atomic E-state index is 0.0659. The largest absolute Gasteiger partial charge is 0.340 e. The van der Waals surface area contributed by atoms with Crippen LogP contribution in [0.1, 0.15) is 67.5 Å². The van der Waals surface area contributed by atoms with Gasteiger partial charge in [0, 0.05) is 19.0 Å². The number of carbonyl (C=O) groups is 1. The minimum Gasteiger partial charge on any atom is -0.340 e. The molecular formula is C25H30N4O4S. The van der Waals surface area contributed by atoms with Crippen molar-refractivity contribution in [3.8, 4) is 0 Å². The van der Waals surface area contributed by atoms with E-state index in [9.17, 15) is 13.2 Å². The maximum absolute atomic E-state index is 13.4. The lowest BCUT2D eigenvalue weighted by atomic mass is 9.88. The molecule has 1 aliphatic carbocycles. The molecule has 8 nitrogen and oxygen atoms in total. The van der Waals surface area contributed by atoms with Gasteiger partial charge in [0.2, 0.25) is 5.89 Å². The Bertz CT molecular complexity index is 1230. The molecule has 1 fully saturated rings. The Morgan fingerprint density at radius 1 is 1.06 bits per heavy atom. The second kappa shape index (κ2) is 9.97. The number of aromatic nitrogens is 2. The van der Waals surface area contributed by atoms with Gasteiger partial charge in [-0.1, -0.05) is 55.1 Å². The lowest BCUT2D eigenvalue weighted by molar-refractivity contribution is 0.0876. The van der Waals surface area contributed by atoms with Gasteiger partial charge < -0.3 is 9.84 Å². The van der Waals surface area contributed by atoms with Gasteiger partial charge in [0.05, 0.1) is 10.6 Å². The van der Waals surface area contributed by atoms with Crippen LogP contribution in [-0.2, 0) is 15.6 Å². The van der Waals surface area contributed by atoms with Gasteiger partial charge in [0.15, 0.2) is 5.82 Å². The summed E-state index contributed by atoms with van der Waals surface area (Å²) in [4.78, 5) is 17.9. The average Bonchev–Trinajstić information content (AvgIpc) is 3.15. The zero-order valence-corrected chi connectivity index (χ0v) is 20.3. The topological polar surface area (TPSA) is 105 Å². The van der Waals surface area contributed by atoms with Crippen LogP contribution < -0.4 is 9.62 Å². The lowest BCUT2D eigenvalue weighted by Gasteiger charge is -2.31. The summed E-state index contributed by atoms with van der Waals surface area (Å²) in [6, 6.07) is 15.1. The van der Waals surface area contributed by atoms with E-state index in [1.54, 1.807) is 50.2 Å². The first-order chi connectivity index (χ1) is 16.4. The van der Waals surface area contributed by atoms with Crippen LogP contribution in [0.2, 0.25) is 0 Å². The number of nitrogens with one attached hydrogen (secondary N) is 1. The molecule has 1 aliphatic rings. The molecule has 3 aromatic rings. The summed E-state index contributed by atoms with van der Waals surface area (Å²) in [5.74, 6) is 0.566. The number of aryl methyl sites for hydroxylation is 1. The molecule has 34 heavy (non-hydrogen) atoms. The Balaban J connectivity index is 1.64. The zero-order chi connectivity index (χ0) is 24.2. The van der Waals surface area contributed by atoms with Crippen molar-refractivity contribution < 1.29 is 17.7 Å². The molecule has 9 heteroatoms. The van der Waals surface area contributed by atoms with Gasteiger partial charge in [-0.3, -0.25) is 9.10 Å². The molecule has 0 unspecified atom stereocenters. The number of benzene rings is 2. The van der Waals surface area contributed by atoms with E-state index >= 15 is 0 Å². The first-order valence-corrected chi connectivity index (χ1v) is 13.1. The van der Waals surface area contributed by atoms with Crippen molar-refractivity contribution >= 4 is 21.6 Å². The maximum atomic E-state index is 13.4. The van der Waals surface area contributed by atoms with Crippen LogP contribution in [0.25, 0.3) is 0 Å². The predicted octanol–water partition coefficient (Wildman–Crippen LogP) is 4.57. The van der Waals surface area contributed by atoms with Crippen LogP contribution >= 0.6 is 0 Å². The van der Waals surface area contributed by atoms with Crippen LogP contribution in [0, 0.1) is 6.92 Å². The third kappa shape index (κ3) is 4.84. The van der Waals surface area contributed by atoms with Crippen LogP contribution in [0.5, 0.6) is 0 Å². The molecule has 0 bridgehead atoms. The number of carbonyl (C=O) groups excluding carboxylic acids is 1. The van der Waals surface area contributed by atoms with Crippen LogP contribution in [-0.4, -0.2) is 31.0 Å². The van der Waals surface area contributed by atoms with Crippen molar-refractivity contribution in [1.29, 1.82) is 0 Å². The van der Waals surface area contributed by atoms with E-state index in [0.29, 0.717) is 30.2 Å². The Kier molecular flexibility index (Phi) is 7.02. The molecule has 1 aromatic heterocycles. The molecule has 0 spiro atoms. The molecule has 1 N–H and O–H groups in total. The fourth-order valence-electron chi connectivity index (χ4n) is 4.53. The Morgan fingerprint density at radius 2 is 1.76 bits per heavy atom. The molecule has 180 valence electrons. The molecule has 0 atom stereocenters. The first-order valence-electron chi connectivity index (χ1n) is 11.7. The lowest BCUT2D eigenvalue weighted by Crippen LogP contribution is -2.46. The highest BCUT2D eigenvalue weighted by atomic mass is 32.2. The summed E-state index contributed by atoms with van der Waals surface area (Å²) in [6.07, 6.45) is 5.43. The highest BCUT2D eigenvalue weighted by Gasteiger charge is 2.39. The van der Waals surface area contributed by atoms with Crippen molar-refractivity contribution in [3.05, 3.63) is 71.9 Å². The minimum atomic E-state index is -3.85. The van der Waals surface area contributed by atoms with Gasteiger partial charge in [-0.2, -0.15) is 4.98 Å². The van der Waals surface area contributed by atoms with Gasteiger partial charge in [-0.05, 0) is 50.1 Å². The number of hydrogen-bond acceptors (Lipinski definition) is 6. The fraction of sp³-hybridized carbons (Fsp3) is 0.400. The highest BCUT2D eigenvalue weighted by Crippen LogP contribution is 2.35. The van der Waals surface area contributed by atoms with Crippen LogP contribution in [0.15, 0.2) is 64.0 Å². The number of anilines is 1. The predicted molar refractivity (Wildman–Crippen MR) is 129 cm³/mol. The fourth-order valence-corrected chi connectivity index (χ4v) is 6.05. The average molecular weight is 483 g/mol. The number of hydrogen-bond donors (Lipinski definition) is 1. The highest BCUT2D eigenvalue weighted by molar-refractivity contribution is 7.92. The van der Waals surface area contributed by atoms with Gasteiger partial charge >= 0.3 is 0 Å². The number of rotatable bonds is 7. The molecule has 0 aliphatic heterocycles. The van der Waals surface area contributed by atoms with E-state index in [0.717, 1.165) is 25.7 Å². The number of amides is 1. The van der Waals surface area contributed by atoms with Gasteiger partial charge in [-0.15, -0.1) is 0 Å². The van der Waals surface area contributed by atoms with Crippen LogP contribution in [0.3, 0.4) is 0 Å². The Labute approximate surface area is 200 Å². The SMILES string of the molecule is CCN(c1ccccc1)S(=O)(=O)c1cccc(C(=O)NC2(c3noc(C)n3)CCCCCC2)c1. The summed E-state index contributed by atoms with van der Waals surface area (Å²) < 4.78 is 33.4. The Morgan fingerprint density at radius 3 is 2.38 bits per heavy atom. The third-order valence-corrected chi connectivity index (χ3v) is 8.18. The van der Waals surface area contributed by atoms with Crippen molar-refractivity contribution in [2.45, 2.75) is 62.8 Å². The molecular weight excluding hydrogens is 452 g/mol. The van der Waals surface area contributed by atoms with E-state index in [1.807, 2.05) is 6.07 Å². The second-order valence-electron chi connectivity index (χ2n) is 8.62. The molecule has 2 aromatic carbocycles. The summed E-state index contributed by atoms with van der Waals surface area (Å²) in [5.41, 5.74) is 0.110. The van der Waals surface area contributed by atoms with E-state index in [4.69, 9.17) is 4.52 Å². The first kappa shape index (κ1) is 23.9. The van der Waals surface area contributed by atoms with Crippen molar-refractivity contribution in [2.75, 3.05) is 10.8 Å². The summed E-state index contributed by atoms with van der Waals surface area (Å²) >= 11 is 0. The quantitative estimate of drug-likeness (QED) is 0.495. The standard InChI is InChI=1S/C25H30N4O4S/c1-3-29(21-13-7-6-8-14-21)34(31,32)22-15-11-12-20(18-22)23(30)27-25(16-9-4-5-10-17-25)24-26-19(2)33-28-24/h6-8,11-15,18H,3-5,9-10,16-17H2,1-2H3,(H,27,30). The van der Waals surface area contributed by atoms with E-state index < -0.39 is 15.6 Å². The van der Waals surface area contributed by atoms with E-state index in [-0.39, 0.29) is 22.9 Å². The normalized spacial score (nSPS) is 15.9. The summed E-state index contributed by atoms with van der Waals surface area (Å²) in [5, 5.41) is 7.26. The number of nitrogens with zero attached hydrogens (tertiary/aromatic N) is 3. The molecule has 0 saturated heterocycles. The maximum Gasteiger partial charge on any atom is 0.264 e. The van der Waals surface area contributed by atoms with Crippen LogP contribution in [0.4, 0.5) is 5.69 Å². The van der Waals surface area contributed by atoms with Gasteiger partial charge in [0.25, 0.3) is 15.9 Å². The number of sulfonamides is 1. The monoisotopic (exact) mass is 482 g/mol. The Hall–Kier alpha value is -3.20. The molecule has 1 heterocycles. The summed E-state index contributed by atoms with van der Waals surface area (Å²) in [6.45, 7) is 3.77.